The predicted molar refractivity (Wildman–Crippen MR) is 46.3 cm³/mol. The first-order valence-electron chi connectivity index (χ1n) is 3.94. The van der Waals surface area contributed by atoms with Gasteiger partial charge in [-0.1, -0.05) is 6.42 Å². The maximum Gasteiger partial charge on any atom is 0.160 e. The van der Waals surface area contributed by atoms with E-state index in [1.165, 1.54) is 24.8 Å². The normalized spacial score (nSPS) is 17.8. The maximum absolute atomic E-state index is 10.4. The Balaban J connectivity index is 2.17. The number of hydrogen-bond acceptors (Lipinski definition) is 2. The molecule has 1 heterocycles. The van der Waals surface area contributed by atoms with Crippen LogP contribution in [-0.4, -0.2) is 6.29 Å². The van der Waals surface area contributed by atoms with Crippen LogP contribution in [0, 0.1) is 0 Å². The minimum absolute atomic E-state index is 0.764. The average molecular weight is 166 g/mol. The van der Waals surface area contributed by atoms with E-state index < -0.39 is 0 Å². The molecule has 1 aromatic rings. The van der Waals surface area contributed by atoms with Gasteiger partial charge in [0.25, 0.3) is 0 Å². The lowest BCUT2D eigenvalue weighted by atomic mass is 9.81. The van der Waals surface area contributed by atoms with Crippen molar-refractivity contribution < 1.29 is 4.79 Å². The SMILES string of the molecule is O=Cc1cc(C2CCC2)cs1. The largest absolute Gasteiger partial charge is 0.297 e. The van der Waals surface area contributed by atoms with E-state index >= 15 is 0 Å². The molecule has 1 aromatic heterocycles. The van der Waals surface area contributed by atoms with Crippen LogP contribution in [0.15, 0.2) is 11.4 Å². The molecule has 2 heteroatoms. The lowest BCUT2D eigenvalue weighted by Crippen LogP contribution is -2.07. The standard InChI is InChI=1S/C9H10OS/c10-5-9-4-8(6-11-9)7-2-1-3-7/h4-7H,1-3H2. The summed E-state index contributed by atoms with van der Waals surface area (Å²) in [6, 6.07) is 2.03. The summed E-state index contributed by atoms with van der Waals surface area (Å²) in [5, 5.41) is 2.12. The fourth-order valence-electron chi connectivity index (χ4n) is 1.39. The van der Waals surface area contributed by atoms with Gasteiger partial charge in [-0.3, -0.25) is 4.79 Å². The Labute approximate surface area is 70.1 Å². The monoisotopic (exact) mass is 166 g/mol. The zero-order valence-corrected chi connectivity index (χ0v) is 7.06. The van der Waals surface area contributed by atoms with Gasteiger partial charge in [0.05, 0.1) is 4.88 Å². The first kappa shape index (κ1) is 7.04. The van der Waals surface area contributed by atoms with Crippen molar-refractivity contribution in [1.82, 2.24) is 0 Å². The molecule has 11 heavy (non-hydrogen) atoms. The van der Waals surface area contributed by atoms with Gasteiger partial charge in [0.2, 0.25) is 0 Å². The zero-order chi connectivity index (χ0) is 7.68. The zero-order valence-electron chi connectivity index (χ0n) is 6.25. The quantitative estimate of drug-likeness (QED) is 0.617. The highest BCUT2D eigenvalue weighted by Crippen LogP contribution is 2.37. The summed E-state index contributed by atoms with van der Waals surface area (Å²) in [6.07, 6.45) is 4.92. The van der Waals surface area contributed by atoms with Crippen LogP contribution >= 0.6 is 11.3 Å². The third kappa shape index (κ3) is 1.23. The molecular weight excluding hydrogens is 156 g/mol. The first-order chi connectivity index (χ1) is 5.40. The average Bonchev–Trinajstić information content (AvgIpc) is 2.32. The van der Waals surface area contributed by atoms with Gasteiger partial charge in [0.15, 0.2) is 6.29 Å². The van der Waals surface area contributed by atoms with E-state index in [9.17, 15) is 4.79 Å². The van der Waals surface area contributed by atoms with Gasteiger partial charge in [0, 0.05) is 0 Å². The molecule has 0 spiro atoms. The van der Waals surface area contributed by atoms with E-state index in [4.69, 9.17) is 0 Å². The van der Waals surface area contributed by atoms with Gasteiger partial charge in [0.1, 0.15) is 0 Å². The van der Waals surface area contributed by atoms with Crippen LogP contribution < -0.4 is 0 Å². The summed E-state index contributed by atoms with van der Waals surface area (Å²) in [5.74, 6) is 0.764. The van der Waals surface area contributed by atoms with E-state index in [0.717, 1.165) is 17.1 Å². The van der Waals surface area contributed by atoms with Crippen molar-refractivity contribution >= 4 is 17.6 Å². The number of hydrogen-bond donors (Lipinski definition) is 0. The van der Waals surface area contributed by atoms with E-state index in [1.807, 2.05) is 6.07 Å². The molecule has 58 valence electrons. The molecule has 0 aliphatic heterocycles. The van der Waals surface area contributed by atoms with Gasteiger partial charge in [-0.15, -0.1) is 11.3 Å². The van der Waals surface area contributed by atoms with Crippen molar-refractivity contribution in [3.63, 3.8) is 0 Å². The van der Waals surface area contributed by atoms with E-state index in [-0.39, 0.29) is 0 Å². The lowest BCUT2D eigenvalue weighted by molar-refractivity contribution is 0.112. The Hall–Kier alpha value is -0.630. The number of aldehydes is 1. The van der Waals surface area contributed by atoms with Crippen LogP contribution in [0.3, 0.4) is 0 Å². The fourth-order valence-corrected chi connectivity index (χ4v) is 2.18. The van der Waals surface area contributed by atoms with Crippen LogP contribution in [0.5, 0.6) is 0 Å². The molecule has 2 rings (SSSR count). The van der Waals surface area contributed by atoms with Crippen molar-refractivity contribution in [2.45, 2.75) is 25.2 Å². The molecule has 1 nitrogen and oxygen atoms in total. The summed E-state index contributed by atoms with van der Waals surface area (Å²) < 4.78 is 0. The van der Waals surface area contributed by atoms with Gasteiger partial charge in [-0.05, 0) is 35.8 Å². The first-order valence-corrected chi connectivity index (χ1v) is 4.82. The molecule has 0 aromatic carbocycles. The van der Waals surface area contributed by atoms with Crippen molar-refractivity contribution in [2.75, 3.05) is 0 Å². The molecule has 0 amide bonds. The van der Waals surface area contributed by atoms with E-state index in [2.05, 4.69) is 5.38 Å². The second-order valence-corrected chi connectivity index (χ2v) is 3.97. The van der Waals surface area contributed by atoms with Gasteiger partial charge >= 0.3 is 0 Å². The Morgan fingerprint density at radius 3 is 2.82 bits per heavy atom. The highest BCUT2D eigenvalue weighted by atomic mass is 32.1. The number of carbonyl (C=O) groups excluding carboxylic acids is 1. The lowest BCUT2D eigenvalue weighted by Gasteiger charge is -2.24. The van der Waals surface area contributed by atoms with Crippen LogP contribution in [0.4, 0.5) is 0 Å². The summed E-state index contributed by atoms with van der Waals surface area (Å²) in [5.41, 5.74) is 1.38. The Kier molecular flexibility index (Phi) is 1.78. The van der Waals surface area contributed by atoms with Crippen LogP contribution in [0.2, 0.25) is 0 Å². The molecule has 0 bridgehead atoms. The van der Waals surface area contributed by atoms with Gasteiger partial charge < -0.3 is 0 Å². The topological polar surface area (TPSA) is 17.1 Å². The van der Waals surface area contributed by atoms with Crippen LogP contribution in [-0.2, 0) is 0 Å². The van der Waals surface area contributed by atoms with Gasteiger partial charge in [-0.25, -0.2) is 0 Å². The molecule has 1 aliphatic rings. The second-order valence-electron chi connectivity index (χ2n) is 3.03. The molecule has 0 saturated heterocycles. The summed E-state index contributed by atoms with van der Waals surface area (Å²) in [6.45, 7) is 0. The minimum Gasteiger partial charge on any atom is -0.297 e. The van der Waals surface area contributed by atoms with E-state index in [0.29, 0.717) is 0 Å². The molecule has 1 fully saturated rings. The highest BCUT2D eigenvalue weighted by Gasteiger charge is 2.20. The Bertz CT molecular complexity index is 260. The predicted octanol–water partition coefficient (Wildman–Crippen LogP) is 2.83. The summed E-state index contributed by atoms with van der Waals surface area (Å²) in [4.78, 5) is 11.2. The van der Waals surface area contributed by atoms with Crippen LogP contribution in [0.25, 0.3) is 0 Å². The molecule has 1 aliphatic carbocycles. The Morgan fingerprint density at radius 2 is 2.36 bits per heavy atom. The third-order valence-corrected chi connectivity index (χ3v) is 3.21. The highest BCUT2D eigenvalue weighted by molar-refractivity contribution is 7.11. The maximum atomic E-state index is 10.4. The molecule has 0 unspecified atom stereocenters. The number of thiophene rings is 1. The van der Waals surface area contributed by atoms with Gasteiger partial charge in [-0.2, -0.15) is 0 Å². The minimum atomic E-state index is 0.764. The van der Waals surface area contributed by atoms with Crippen molar-refractivity contribution in [1.29, 1.82) is 0 Å². The number of carbonyl (C=O) groups is 1. The molecule has 1 saturated carbocycles. The Morgan fingerprint density at radius 1 is 1.55 bits per heavy atom. The van der Waals surface area contributed by atoms with Crippen molar-refractivity contribution in [3.8, 4) is 0 Å². The van der Waals surface area contributed by atoms with Crippen LogP contribution in [0.1, 0.15) is 40.4 Å². The fraction of sp³-hybridized carbons (Fsp3) is 0.444. The smallest absolute Gasteiger partial charge is 0.160 e. The van der Waals surface area contributed by atoms with Crippen molar-refractivity contribution in [3.05, 3.63) is 21.9 Å². The molecule has 0 atom stereocenters. The second kappa shape index (κ2) is 2.78. The van der Waals surface area contributed by atoms with E-state index in [1.54, 1.807) is 11.3 Å². The third-order valence-electron chi connectivity index (χ3n) is 2.33. The number of rotatable bonds is 2. The molecule has 0 radical (unpaired) electrons. The van der Waals surface area contributed by atoms with Crippen molar-refractivity contribution in [2.24, 2.45) is 0 Å². The summed E-state index contributed by atoms with van der Waals surface area (Å²) in [7, 11) is 0. The molecule has 0 N–H and O–H groups in total. The summed E-state index contributed by atoms with van der Waals surface area (Å²) >= 11 is 1.56. The molecular formula is C9H10OS.